The minimum absolute atomic E-state index is 0.247. The molecule has 1 aliphatic rings. The Balaban J connectivity index is 2.20. The Morgan fingerprint density at radius 1 is 1.44 bits per heavy atom. The van der Waals surface area contributed by atoms with Crippen LogP contribution in [0, 0.1) is 0 Å². The van der Waals surface area contributed by atoms with Gasteiger partial charge in [-0.05, 0) is 26.3 Å². The smallest absolute Gasteiger partial charge is 0.140 e. The molecule has 0 amide bonds. The molecule has 0 spiro atoms. The molecule has 1 fully saturated rings. The van der Waals surface area contributed by atoms with Crippen LogP contribution in [0.25, 0.3) is 0 Å². The van der Waals surface area contributed by atoms with Crippen molar-refractivity contribution >= 4 is 11.8 Å². The quantitative estimate of drug-likeness (QED) is 0.796. The van der Waals surface area contributed by atoms with E-state index in [-0.39, 0.29) is 11.0 Å². The first-order valence-electron chi connectivity index (χ1n) is 6.70. The maximum atomic E-state index is 6.07. The van der Waals surface area contributed by atoms with E-state index in [1.165, 1.54) is 0 Å². The van der Waals surface area contributed by atoms with Gasteiger partial charge in [-0.2, -0.15) is 0 Å². The first-order valence-corrected chi connectivity index (χ1v) is 7.68. The molecular weight excluding hydrogens is 244 g/mol. The summed E-state index contributed by atoms with van der Waals surface area (Å²) in [5.74, 6) is 2.02. The second-order valence-electron chi connectivity index (χ2n) is 4.86. The van der Waals surface area contributed by atoms with E-state index in [1.54, 1.807) is 0 Å². The Kier molecular flexibility index (Phi) is 4.57. The summed E-state index contributed by atoms with van der Waals surface area (Å²) >= 11 is 1.85. The molecule has 0 N–H and O–H groups in total. The molecule has 0 radical (unpaired) electrons. The zero-order valence-electron chi connectivity index (χ0n) is 11.4. The summed E-state index contributed by atoms with van der Waals surface area (Å²) in [6.45, 7) is 7.27. The summed E-state index contributed by atoms with van der Waals surface area (Å²) in [7, 11) is 0. The molecule has 1 aliphatic heterocycles. The Bertz CT molecular complexity index is 386. The third-order valence-electron chi connectivity index (χ3n) is 3.24. The van der Waals surface area contributed by atoms with E-state index in [2.05, 4.69) is 39.0 Å². The molecule has 2 atom stereocenters. The van der Waals surface area contributed by atoms with Gasteiger partial charge in [0.1, 0.15) is 10.7 Å². The van der Waals surface area contributed by atoms with Crippen LogP contribution in [-0.2, 0) is 9.67 Å². The molecule has 0 saturated carbocycles. The molecule has 0 aliphatic carbocycles. The van der Waals surface area contributed by atoms with Crippen LogP contribution < -0.4 is 4.74 Å². The van der Waals surface area contributed by atoms with Gasteiger partial charge in [0.15, 0.2) is 0 Å². The molecule has 2 unspecified atom stereocenters. The van der Waals surface area contributed by atoms with Crippen molar-refractivity contribution in [2.75, 3.05) is 12.4 Å². The fourth-order valence-electron chi connectivity index (χ4n) is 2.30. The second-order valence-corrected chi connectivity index (χ2v) is 6.33. The molecule has 0 bridgehead atoms. The highest BCUT2D eigenvalue weighted by Gasteiger charge is 2.35. The van der Waals surface area contributed by atoms with Crippen LogP contribution in [0.4, 0.5) is 0 Å². The van der Waals surface area contributed by atoms with Gasteiger partial charge in [0.25, 0.3) is 0 Å². The monoisotopic (exact) mass is 266 g/mol. The van der Waals surface area contributed by atoms with Crippen LogP contribution in [0.1, 0.15) is 39.2 Å². The van der Waals surface area contributed by atoms with Crippen LogP contribution in [0.5, 0.6) is 5.75 Å². The van der Waals surface area contributed by atoms with E-state index < -0.39 is 0 Å². The van der Waals surface area contributed by atoms with Crippen LogP contribution in [0.15, 0.2) is 24.3 Å². The lowest BCUT2D eigenvalue weighted by Crippen LogP contribution is -2.20. The van der Waals surface area contributed by atoms with E-state index in [4.69, 9.17) is 9.47 Å². The number of ether oxygens (including phenoxy) is 2. The first kappa shape index (κ1) is 13.8. The molecule has 2 nitrogen and oxygen atoms in total. The third-order valence-corrected chi connectivity index (χ3v) is 4.50. The SMILES string of the molecule is CCCC(C)Oc1ccccc1C1(C)OCCS1. The number of rotatable bonds is 5. The number of thioether (sulfide) groups is 1. The fourth-order valence-corrected chi connectivity index (χ4v) is 3.34. The standard InChI is InChI=1S/C15H22O2S/c1-4-7-12(2)17-14-9-6-5-8-13(14)15(3)16-10-11-18-15/h5-6,8-9,12H,4,7,10-11H2,1-3H3. The molecule has 2 rings (SSSR count). The summed E-state index contributed by atoms with van der Waals surface area (Å²) in [6, 6.07) is 8.25. The predicted molar refractivity (Wildman–Crippen MR) is 77.2 cm³/mol. The van der Waals surface area contributed by atoms with Gasteiger partial charge in [-0.1, -0.05) is 31.5 Å². The molecule has 100 valence electrons. The van der Waals surface area contributed by atoms with Crippen molar-refractivity contribution in [3.63, 3.8) is 0 Å². The molecule has 1 aromatic rings. The minimum atomic E-state index is -0.247. The number of benzene rings is 1. The van der Waals surface area contributed by atoms with Crippen molar-refractivity contribution in [2.24, 2.45) is 0 Å². The van der Waals surface area contributed by atoms with Crippen molar-refractivity contribution in [3.8, 4) is 5.75 Å². The van der Waals surface area contributed by atoms with Gasteiger partial charge in [0.2, 0.25) is 0 Å². The zero-order chi connectivity index (χ0) is 13.0. The van der Waals surface area contributed by atoms with Crippen molar-refractivity contribution in [2.45, 2.75) is 44.6 Å². The average molecular weight is 266 g/mol. The average Bonchev–Trinajstić information content (AvgIpc) is 2.78. The molecule has 0 aromatic heterocycles. The second kappa shape index (κ2) is 5.98. The highest BCUT2D eigenvalue weighted by molar-refractivity contribution is 8.00. The lowest BCUT2D eigenvalue weighted by atomic mass is 10.1. The Labute approximate surface area is 114 Å². The van der Waals surface area contributed by atoms with E-state index in [0.717, 1.165) is 36.5 Å². The van der Waals surface area contributed by atoms with Gasteiger partial charge in [-0.25, -0.2) is 0 Å². The zero-order valence-corrected chi connectivity index (χ0v) is 12.3. The first-order chi connectivity index (χ1) is 8.65. The summed E-state index contributed by atoms with van der Waals surface area (Å²) in [5, 5.41) is 0. The molecule has 1 aromatic carbocycles. The number of para-hydroxylation sites is 1. The van der Waals surface area contributed by atoms with Gasteiger partial charge in [-0.15, -0.1) is 11.8 Å². The topological polar surface area (TPSA) is 18.5 Å². The lowest BCUT2D eigenvalue weighted by Gasteiger charge is -2.26. The van der Waals surface area contributed by atoms with Crippen LogP contribution in [0.3, 0.4) is 0 Å². The van der Waals surface area contributed by atoms with Gasteiger partial charge in [-0.3, -0.25) is 0 Å². The predicted octanol–water partition coefficient (Wildman–Crippen LogP) is 4.19. The largest absolute Gasteiger partial charge is 0.490 e. The van der Waals surface area contributed by atoms with Gasteiger partial charge >= 0.3 is 0 Å². The molecular formula is C15H22O2S. The van der Waals surface area contributed by atoms with Gasteiger partial charge in [0, 0.05) is 11.3 Å². The number of hydrogen-bond donors (Lipinski definition) is 0. The maximum absolute atomic E-state index is 6.07. The van der Waals surface area contributed by atoms with Gasteiger partial charge in [0.05, 0.1) is 12.7 Å². The van der Waals surface area contributed by atoms with Crippen LogP contribution in [-0.4, -0.2) is 18.5 Å². The van der Waals surface area contributed by atoms with E-state index in [1.807, 2.05) is 17.8 Å². The molecule has 3 heteroatoms. The Morgan fingerprint density at radius 3 is 2.89 bits per heavy atom. The number of hydrogen-bond acceptors (Lipinski definition) is 3. The van der Waals surface area contributed by atoms with E-state index in [0.29, 0.717) is 0 Å². The van der Waals surface area contributed by atoms with Crippen LogP contribution >= 0.6 is 11.8 Å². The maximum Gasteiger partial charge on any atom is 0.140 e. The highest BCUT2D eigenvalue weighted by atomic mass is 32.2. The van der Waals surface area contributed by atoms with Crippen molar-refractivity contribution in [1.29, 1.82) is 0 Å². The highest BCUT2D eigenvalue weighted by Crippen LogP contribution is 2.45. The van der Waals surface area contributed by atoms with Crippen molar-refractivity contribution in [1.82, 2.24) is 0 Å². The normalized spacial score (nSPS) is 25.1. The minimum Gasteiger partial charge on any atom is -0.490 e. The van der Waals surface area contributed by atoms with Crippen LogP contribution in [0.2, 0.25) is 0 Å². The lowest BCUT2D eigenvalue weighted by molar-refractivity contribution is 0.0604. The summed E-state index contributed by atoms with van der Waals surface area (Å²) < 4.78 is 12.0. The Morgan fingerprint density at radius 2 is 2.22 bits per heavy atom. The molecule has 1 saturated heterocycles. The molecule has 18 heavy (non-hydrogen) atoms. The summed E-state index contributed by atoms with van der Waals surface area (Å²) in [4.78, 5) is -0.247. The van der Waals surface area contributed by atoms with E-state index >= 15 is 0 Å². The molecule has 1 heterocycles. The van der Waals surface area contributed by atoms with Crippen molar-refractivity contribution in [3.05, 3.63) is 29.8 Å². The fraction of sp³-hybridized carbons (Fsp3) is 0.600. The summed E-state index contributed by atoms with van der Waals surface area (Å²) in [6.07, 6.45) is 2.48. The van der Waals surface area contributed by atoms with E-state index in [9.17, 15) is 0 Å². The third kappa shape index (κ3) is 3.01. The van der Waals surface area contributed by atoms with Gasteiger partial charge < -0.3 is 9.47 Å². The van der Waals surface area contributed by atoms with Crippen molar-refractivity contribution < 1.29 is 9.47 Å². The summed E-state index contributed by atoms with van der Waals surface area (Å²) in [5.41, 5.74) is 1.16. The Hall–Kier alpha value is -0.670.